The van der Waals surface area contributed by atoms with Crippen LogP contribution in [0.2, 0.25) is 5.15 Å². The Morgan fingerprint density at radius 2 is 2.25 bits per heavy atom. The lowest BCUT2D eigenvalue weighted by atomic mass is 10.0. The normalized spacial score (nSPS) is 20.8. The van der Waals surface area contributed by atoms with Crippen molar-refractivity contribution in [3.63, 3.8) is 0 Å². The first-order valence-corrected chi connectivity index (χ1v) is 6.15. The van der Waals surface area contributed by atoms with Gasteiger partial charge in [0.2, 0.25) is 0 Å². The molecule has 0 aliphatic carbocycles. The van der Waals surface area contributed by atoms with Crippen molar-refractivity contribution in [1.82, 2.24) is 4.98 Å². The van der Waals surface area contributed by atoms with Gasteiger partial charge in [-0.2, -0.15) is 0 Å². The van der Waals surface area contributed by atoms with Crippen molar-refractivity contribution in [2.24, 2.45) is 5.92 Å². The SMILES string of the molecule is CC(C)C1CCCN1c1cc(N)cc(Cl)n1. The first-order valence-electron chi connectivity index (χ1n) is 5.77. The molecule has 2 rings (SSSR count). The standard InChI is InChI=1S/C12H18ClN3/c1-8(2)10-4-3-5-16(10)12-7-9(14)6-11(13)15-12/h6-8,10H,3-5H2,1-2H3,(H2,14,15). The molecule has 1 aliphatic heterocycles. The fourth-order valence-corrected chi connectivity index (χ4v) is 2.63. The highest BCUT2D eigenvalue weighted by Crippen LogP contribution is 2.30. The molecule has 0 radical (unpaired) electrons. The molecule has 0 aromatic carbocycles. The molecule has 3 nitrogen and oxygen atoms in total. The fourth-order valence-electron chi connectivity index (χ4n) is 2.42. The van der Waals surface area contributed by atoms with Crippen LogP contribution in [0, 0.1) is 5.92 Å². The molecule has 1 unspecified atom stereocenters. The monoisotopic (exact) mass is 239 g/mol. The second kappa shape index (κ2) is 4.50. The molecule has 1 aromatic heterocycles. The van der Waals surface area contributed by atoms with Gasteiger partial charge >= 0.3 is 0 Å². The third-order valence-corrected chi connectivity index (χ3v) is 3.36. The highest BCUT2D eigenvalue weighted by atomic mass is 35.5. The average molecular weight is 240 g/mol. The summed E-state index contributed by atoms with van der Waals surface area (Å²) < 4.78 is 0. The van der Waals surface area contributed by atoms with Crippen LogP contribution in [-0.2, 0) is 0 Å². The maximum absolute atomic E-state index is 5.94. The Balaban J connectivity index is 2.29. The van der Waals surface area contributed by atoms with Gasteiger partial charge < -0.3 is 10.6 Å². The van der Waals surface area contributed by atoms with E-state index in [0.717, 1.165) is 12.4 Å². The molecule has 0 amide bonds. The van der Waals surface area contributed by atoms with Gasteiger partial charge in [0.15, 0.2) is 0 Å². The van der Waals surface area contributed by atoms with Crippen LogP contribution in [0.3, 0.4) is 0 Å². The van der Waals surface area contributed by atoms with Crippen LogP contribution < -0.4 is 10.6 Å². The molecule has 88 valence electrons. The molecular weight excluding hydrogens is 222 g/mol. The van der Waals surface area contributed by atoms with E-state index in [-0.39, 0.29) is 0 Å². The molecule has 1 aliphatic rings. The van der Waals surface area contributed by atoms with Gasteiger partial charge in [-0.15, -0.1) is 0 Å². The number of nitrogens with two attached hydrogens (primary N) is 1. The van der Waals surface area contributed by atoms with Crippen molar-refractivity contribution < 1.29 is 0 Å². The second-order valence-electron chi connectivity index (χ2n) is 4.73. The van der Waals surface area contributed by atoms with Gasteiger partial charge in [0, 0.05) is 24.3 Å². The lowest BCUT2D eigenvalue weighted by Crippen LogP contribution is -2.34. The fraction of sp³-hybridized carbons (Fsp3) is 0.583. The van der Waals surface area contributed by atoms with Gasteiger partial charge in [-0.1, -0.05) is 25.4 Å². The van der Waals surface area contributed by atoms with Crippen molar-refractivity contribution in [2.75, 3.05) is 17.2 Å². The number of aromatic nitrogens is 1. The summed E-state index contributed by atoms with van der Waals surface area (Å²) in [5.74, 6) is 1.55. The van der Waals surface area contributed by atoms with Crippen LogP contribution in [-0.4, -0.2) is 17.6 Å². The number of hydrogen-bond donors (Lipinski definition) is 1. The van der Waals surface area contributed by atoms with E-state index in [1.54, 1.807) is 6.07 Å². The third-order valence-electron chi connectivity index (χ3n) is 3.17. The summed E-state index contributed by atoms with van der Waals surface area (Å²) in [6.45, 7) is 5.55. The predicted molar refractivity (Wildman–Crippen MR) is 68.9 cm³/mol. The summed E-state index contributed by atoms with van der Waals surface area (Å²) in [5.41, 5.74) is 6.48. The first kappa shape index (κ1) is 11.5. The van der Waals surface area contributed by atoms with Crippen molar-refractivity contribution in [3.05, 3.63) is 17.3 Å². The molecule has 2 N–H and O–H groups in total. The predicted octanol–water partition coefficient (Wildman–Crippen LogP) is 2.94. The Morgan fingerprint density at radius 1 is 1.50 bits per heavy atom. The van der Waals surface area contributed by atoms with E-state index in [1.807, 2.05) is 6.07 Å². The third kappa shape index (κ3) is 2.24. The van der Waals surface area contributed by atoms with E-state index in [9.17, 15) is 0 Å². The number of nitrogens with zero attached hydrogens (tertiary/aromatic N) is 2. The maximum Gasteiger partial charge on any atom is 0.133 e. The van der Waals surface area contributed by atoms with Gasteiger partial charge in [0.25, 0.3) is 0 Å². The Bertz CT molecular complexity index is 358. The number of nitrogen functional groups attached to an aromatic ring is 1. The Kier molecular flexibility index (Phi) is 3.24. The highest BCUT2D eigenvalue weighted by molar-refractivity contribution is 6.29. The van der Waals surface area contributed by atoms with Crippen LogP contribution in [0.4, 0.5) is 11.5 Å². The second-order valence-corrected chi connectivity index (χ2v) is 5.12. The van der Waals surface area contributed by atoms with Crippen LogP contribution in [0.25, 0.3) is 0 Å². The minimum atomic E-state index is 0.476. The molecule has 4 heteroatoms. The summed E-state index contributed by atoms with van der Waals surface area (Å²) in [7, 11) is 0. The zero-order valence-electron chi connectivity index (χ0n) is 9.78. The number of halogens is 1. The van der Waals surface area contributed by atoms with E-state index in [0.29, 0.717) is 22.8 Å². The molecule has 0 saturated carbocycles. The van der Waals surface area contributed by atoms with E-state index in [4.69, 9.17) is 17.3 Å². The van der Waals surface area contributed by atoms with Gasteiger partial charge in [-0.3, -0.25) is 0 Å². The summed E-state index contributed by atoms with van der Waals surface area (Å²) in [6.07, 6.45) is 2.45. The lowest BCUT2D eigenvalue weighted by molar-refractivity contribution is 0.489. The number of hydrogen-bond acceptors (Lipinski definition) is 3. The van der Waals surface area contributed by atoms with Crippen molar-refractivity contribution in [3.8, 4) is 0 Å². The molecule has 1 atom stereocenters. The van der Waals surface area contributed by atoms with E-state index in [2.05, 4.69) is 23.7 Å². The summed E-state index contributed by atoms with van der Waals surface area (Å²) in [5, 5.41) is 0.476. The van der Waals surface area contributed by atoms with Gasteiger partial charge in [-0.25, -0.2) is 4.98 Å². The summed E-state index contributed by atoms with van der Waals surface area (Å²) >= 11 is 5.94. The smallest absolute Gasteiger partial charge is 0.133 e. The minimum absolute atomic E-state index is 0.476. The molecule has 16 heavy (non-hydrogen) atoms. The molecule has 1 aromatic rings. The van der Waals surface area contributed by atoms with Crippen LogP contribution in [0.1, 0.15) is 26.7 Å². The van der Waals surface area contributed by atoms with E-state index >= 15 is 0 Å². The van der Waals surface area contributed by atoms with Crippen LogP contribution in [0.5, 0.6) is 0 Å². The summed E-state index contributed by atoms with van der Waals surface area (Å²) in [6, 6.07) is 4.16. The summed E-state index contributed by atoms with van der Waals surface area (Å²) in [4.78, 5) is 6.69. The number of anilines is 2. The molecule has 0 bridgehead atoms. The Labute approximate surface area is 102 Å². The number of pyridine rings is 1. The van der Waals surface area contributed by atoms with Gasteiger partial charge in [0.1, 0.15) is 11.0 Å². The molecule has 1 fully saturated rings. The van der Waals surface area contributed by atoms with Crippen LogP contribution >= 0.6 is 11.6 Å². The largest absolute Gasteiger partial charge is 0.399 e. The van der Waals surface area contributed by atoms with Crippen molar-refractivity contribution >= 4 is 23.1 Å². The van der Waals surface area contributed by atoms with Crippen molar-refractivity contribution in [1.29, 1.82) is 0 Å². The molecule has 1 saturated heterocycles. The zero-order valence-corrected chi connectivity index (χ0v) is 10.5. The van der Waals surface area contributed by atoms with Crippen LogP contribution in [0.15, 0.2) is 12.1 Å². The average Bonchev–Trinajstić information content (AvgIpc) is 2.63. The molecule has 2 heterocycles. The quantitative estimate of drug-likeness (QED) is 0.807. The first-order chi connectivity index (χ1) is 7.58. The zero-order chi connectivity index (χ0) is 11.7. The molecule has 0 spiro atoms. The Morgan fingerprint density at radius 3 is 2.88 bits per heavy atom. The highest BCUT2D eigenvalue weighted by Gasteiger charge is 2.28. The van der Waals surface area contributed by atoms with E-state index in [1.165, 1.54) is 12.8 Å². The lowest BCUT2D eigenvalue weighted by Gasteiger charge is -2.28. The van der Waals surface area contributed by atoms with Gasteiger partial charge in [0.05, 0.1) is 0 Å². The number of rotatable bonds is 2. The molecular formula is C12H18ClN3. The van der Waals surface area contributed by atoms with Gasteiger partial charge in [-0.05, 0) is 24.8 Å². The van der Waals surface area contributed by atoms with Crippen molar-refractivity contribution in [2.45, 2.75) is 32.7 Å². The maximum atomic E-state index is 5.94. The minimum Gasteiger partial charge on any atom is -0.399 e. The van der Waals surface area contributed by atoms with E-state index < -0.39 is 0 Å². The Hall–Kier alpha value is -0.960. The topological polar surface area (TPSA) is 42.1 Å².